The van der Waals surface area contributed by atoms with Crippen molar-refractivity contribution < 1.29 is 8.42 Å². The van der Waals surface area contributed by atoms with Crippen molar-refractivity contribution in [2.24, 2.45) is 0 Å². The number of rotatable bonds is 4. The average molecular weight is 398 g/mol. The Morgan fingerprint density at radius 2 is 1.85 bits per heavy atom. The molecule has 4 aromatic rings. The van der Waals surface area contributed by atoms with E-state index in [-0.39, 0.29) is 4.90 Å². The Morgan fingerprint density at radius 1 is 1.04 bits per heavy atom. The van der Waals surface area contributed by atoms with Gasteiger partial charge in [-0.1, -0.05) is 35.9 Å². The zero-order chi connectivity index (χ0) is 19.0. The van der Waals surface area contributed by atoms with Crippen LogP contribution in [0.3, 0.4) is 0 Å². The molecule has 2 aromatic heterocycles. The third-order valence-electron chi connectivity index (χ3n) is 4.19. The van der Waals surface area contributed by atoms with E-state index in [1.807, 2.05) is 41.9 Å². The van der Waals surface area contributed by atoms with Crippen molar-refractivity contribution in [2.75, 3.05) is 4.72 Å². The van der Waals surface area contributed by atoms with Crippen molar-refractivity contribution in [3.8, 4) is 11.3 Å². The molecule has 2 heterocycles. The first-order chi connectivity index (χ1) is 12.9. The first-order valence-electron chi connectivity index (χ1n) is 8.25. The molecule has 0 radical (unpaired) electrons. The number of hydrogen-bond acceptors (Lipinski definition) is 3. The highest BCUT2D eigenvalue weighted by atomic mass is 35.5. The fourth-order valence-electron chi connectivity index (χ4n) is 2.88. The second kappa shape index (κ2) is 6.72. The maximum atomic E-state index is 12.6. The lowest BCUT2D eigenvalue weighted by Crippen LogP contribution is -2.12. The minimum Gasteiger partial charge on any atom is -0.306 e. The van der Waals surface area contributed by atoms with Gasteiger partial charge in [-0.3, -0.25) is 4.72 Å². The minimum atomic E-state index is -3.73. The predicted molar refractivity (Wildman–Crippen MR) is 108 cm³/mol. The molecule has 0 amide bonds. The zero-order valence-corrected chi connectivity index (χ0v) is 16.0. The molecule has 27 heavy (non-hydrogen) atoms. The lowest BCUT2D eigenvalue weighted by molar-refractivity contribution is 0.601. The molecule has 0 aliphatic heterocycles. The van der Waals surface area contributed by atoms with Gasteiger partial charge in [0.1, 0.15) is 5.65 Å². The van der Waals surface area contributed by atoms with Gasteiger partial charge in [0.25, 0.3) is 10.0 Å². The lowest BCUT2D eigenvalue weighted by Gasteiger charge is -2.09. The van der Waals surface area contributed by atoms with E-state index >= 15 is 0 Å². The molecule has 2 aromatic carbocycles. The molecule has 5 nitrogen and oxygen atoms in total. The van der Waals surface area contributed by atoms with Crippen LogP contribution in [0.2, 0.25) is 5.02 Å². The van der Waals surface area contributed by atoms with Gasteiger partial charge in [0.15, 0.2) is 0 Å². The van der Waals surface area contributed by atoms with Gasteiger partial charge >= 0.3 is 0 Å². The topological polar surface area (TPSA) is 63.5 Å². The van der Waals surface area contributed by atoms with E-state index < -0.39 is 10.0 Å². The quantitative estimate of drug-likeness (QED) is 0.539. The summed E-state index contributed by atoms with van der Waals surface area (Å²) in [5.74, 6) is 0. The third kappa shape index (κ3) is 3.54. The Hall–Kier alpha value is -2.83. The van der Waals surface area contributed by atoms with Gasteiger partial charge in [-0.05, 0) is 48.9 Å². The molecule has 0 saturated heterocycles. The number of halogens is 1. The van der Waals surface area contributed by atoms with Crippen LogP contribution in [-0.4, -0.2) is 17.8 Å². The van der Waals surface area contributed by atoms with Crippen LogP contribution in [0.15, 0.2) is 78.0 Å². The number of aryl methyl sites for hydroxylation is 1. The molecule has 0 fully saturated rings. The van der Waals surface area contributed by atoms with E-state index in [2.05, 4.69) is 9.71 Å². The molecule has 0 spiro atoms. The van der Waals surface area contributed by atoms with E-state index in [9.17, 15) is 8.42 Å². The van der Waals surface area contributed by atoms with Gasteiger partial charge in [0.2, 0.25) is 0 Å². The number of sulfonamides is 1. The Labute approximate surface area is 162 Å². The van der Waals surface area contributed by atoms with Crippen molar-refractivity contribution in [2.45, 2.75) is 11.8 Å². The number of anilines is 1. The molecule has 1 N–H and O–H groups in total. The minimum absolute atomic E-state index is 0.115. The lowest BCUT2D eigenvalue weighted by atomic mass is 10.1. The monoisotopic (exact) mass is 397 g/mol. The summed E-state index contributed by atoms with van der Waals surface area (Å²) in [6, 6.07) is 17.3. The summed E-state index contributed by atoms with van der Waals surface area (Å²) in [5.41, 5.74) is 4.00. The van der Waals surface area contributed by atoms with Crippen LogP contribution >= 0.6 is 11.6 Å². The van der Waals surface area contributed by atoms with Crippen LogP contribution in [-0.2, 0) is 10.0 Å². The number of hydrogen-bond donors (Lipinski definition) is 1. The summed E-state index contributed by atoms with van der Waals surface area (Å²) in [6.45, 7) is 2.00. The van der Waals surface area contributed by atoms with Crippen LogP contribution in [0.25, 0.3) is 16.9 Å². The van der Waals surface area contributed by atoms with Crippen molar-refractivity contribution in [1.82, 2.24) is 9.38 Å². The number of aromatic nitrogens is 2. The van der Waals surface area contributed by atoms with Crippen LogP contribution in [0.5, 0.6) is 0 Å². The predicted octanol–water partition coefficient (Wildman–Crippen LogP) is 4.76. The number of pyridine rings is 1. The van der Waals surface area contributed by atoms with Crippen LogP contribution in [0.1, 0.15) is 5.56 Å². The van der Waals surface area contributed by atoms with Crippen molar-refractivity contribution in [1.29, 1.82) is 0 Å². The molecular formula is C20H16ClN3O2S. The highest BCUT2D eigenvalue weighted by molar-refractivity contribution is 7.92. The summed E-state index contributed by atoms with van der Waals surface area (Å²) in [5, 5.41) is 0.367. The van der Waals surface area contributed by atoms with Gasteiger partial charge in [-0.25, -0.2) is 13.4 Å². The van der Waals surface area contributed by atoms with Crippen LogP contribution in [0, 0.1) is 6.92 Å². The largest absolute Gasteiger partial charge is 0.306 e. The summed E-state index contributed by atoms with van der Waals surface area (Å²) in [6.07, 6.45) is 3.86. The molecule has 7 heteroatoms. The Balaban J connectivity index is 1.69. The van der Waals surface area contributed by atoms with E-state index in [1.54, 1.807) is 30.3 Å². The highest BCUT2D eigenvalue weighted by Gasteiger charge is 2.15. The fraction of sp³-hybridized carbons (Fsp3) is 0.0500. The first kappa shape index (κ1) is 17.6. The fourth-order valence-corrected chi connectivity index (χ4v) is 4.23. The van der Waals surface area contributed by atoms with E-state index in [4.69, 9.17) is 11.6 Å². The molecule has 4 rings (SSSR count). The van der Waals surface area contributed by atoms with E-state index in [0.717, 1.165) is 22.5 Å². The van der Waals surface area contributed by atoms with E-state index in [0.29, 0.717) is 10.7 Å². The highest BCUT2D eigenvalue weighted by Crippen LogP contribution is 2.25. The number of benzene rings is 2. The molecular weight excluding hydrogens is 382 g/mol. The number of imidazole rings is 1. The molecule has 0 aliphatic rings. The second-order valence-electron chi connectivity index (χ2n) is 6.19. The van der Waals surface area contributed by atoms with E-state index in [1.165, 1.54) is 12.1 Å². The zero-order valence-electron chi connectivity index (χ0n) is 14.4. The number of nitrogens with one attached hydrogen (secondary N) is 1. The Bertz CT molecular complexity index is 1250. The Morgan fingerprint density at radius 3 is 2.63 bits per heavy atom. The van der Waals surface area contributed by atoms with Gasteiger partial charge in [0.05, 0.1) is 10.6 Å². The number of nitrogens with zero attached hydrogens (tertiary/aromatic N) is 2. The van der Waals surface area contributed by atoms with Crippen LogP contribution in [0.4, 0.5) is 5.69 Å². The first-order valence-corrected chi connectivity index (χ1v) is 10.1. The standard InChI is InChI=1S/C20H16ClN3O2S/c1-14-5-4-10-24-13-19(22-20(14)24)15-6-2-8-17(11-15)23-27(25,26)18-9-3-7-16(21)12-18/h2-13,23H,1H3. The molecule has 0 bridgehead atoms. The summed E-state index contributed by atoms with van der Waals surface area (Å²) >= 11 is 5.91. The average Bonchev–Trinajstić information content (AvgIpc) is 3.07. The van der Waals surface area contributed by atoms with Crippen molar-refractivity contribution in [3.63, 3.8) is 0 Å². The normalized spacial score (nSPS) is 11.6. The summed E-state index contributed by atoms with van der Waals surface area (Å²) < 4.78 is 29.7. The van der Waals surface area contributed by atoms with Crippen molar-refractivity contribution >= 4 is 33.0 Å². The maximum Gasteiger partial charge on any atom is 0.261 e. The molecule has 136 valence electrons. The number of fused-ring (bicyclic) bond motifs is 1. The van der Waals surface area contributed by atoms with Gasteiger partial charge in [-0.2, -0.15) is 0 Å². The van der Waals surface area contributed by atoms with Crippen LogP contribution < -0.4 is 4.72 Å². The second-order valence-corrected chi connectivity index (χ2v) is 8.31. The van der Waals surface area contributed by atoms with Gasteiger partial charge in [0, 0.05) is 28.7 Å². The summed E-state index contributed by atoms with van der Waals surface area (Å²) in [7, 11) is -3.73. The molecule has 0 aliphatic carbocycles. The summed E-state index contributed by atoms with van der Waals surface area (Å²) in [4.78, 5) is 4.77. The molecule has 0 atom stereocenters. The SMILES string of the molecule is Cc1cccn2cc(-c3cccc(NS(=O)(=O)c4cccc(Cl)c4)c3)nc12. The third-order valence-corrected chi connectivity index (χ3v) is 5.81. The maximum absolute atomic E-state index is 12.6. The Kier molecular flexibility index (Phi) is 4.37. The van der Waals surface area contributed by atoms with Gasteiger partial charge < -0.3 is 4.40 Å². The smallest absolute Gasteiger partial charge is 0.261 e. The molecule has 0 saturated carbocycles. The van der Waals surface area contributed by atoms with Gasteiger partial charge in [-0.15, -0.1) is 0 Å². The molecule has 0 unspecified atom stereocenters. The van der Waals surface area contributed by atoms with Crippen molar-refractivity contribution in [3.05, 3.63) is 83.6 Å².